The van der Waals surface area contributed by atoms with Gasteiger partial charge in [-0.2, -0.15) is 4.98 Å². The molecule has 3 nitrogen and oxygen atoms in total. The predicted octanol–water partition coefficient (Wildman–Crippen LogP) is 4.43. The van der Waals surface area contributed by atoms with Gasteiger partial charge in [-0.15, -0.1) is 0 Å². The summed E-state index contributed by atoms with van der Waals surface area (Å²) in [6.45, 7) is 2.70. The first-order valence-electron chi connectivity index (χ1n) is 6.45. The van der Waals surface area contributed by atoms with Gasteiger partial charge in [-0.1, -0.05) is 35.9 Å². The fraction of sp³-hybridized carbons (Fsp3) is 0.188. The highest BCUT2D eigenvalue weighted by Gasteiger charge is 2.12. The number of hydrogen-bond donors (Lipinski definition) is 0. The van der Waals surface area contributed by atoms with Crippen molar-refractivity contribution in [3.8, 4) is 0 Å². The maximum atomic E-state index is 6.18. The number of aromatic nitrogens is 1. The molecule has 0 saturated heterocycles. The second kappa shape index (κ2) is 5.17. The molecule has 0 saturated carbocycles. The fourth-order valence-corrected chi connectivity index (χ4v) is 2.33. The first-order valence-corrected chi connectivity index (χ1v) is 6.83. The number of fused-ring (bicyclic) bond motifs is 1. The normalized spacial score (nSPS) is 10.9. The van der Waals surface area contributed by atoms with E-state index < -0.39 is 0 Å². The van der Waals surface area contributed by atoms with Crippen LogP contribution in [0.2, 0.25) is 5.02 Å². The van der Waals surface area contributed by atoms with E-state index in [0.29, 0.717) is 12.6 Å². The van der Waals surface area contributed by atoms with Crippen molar-refractivity contribution in [1.29, 1.82) is 0 Å². The highest BCUT2D eigenvalue weighted by atomic mass is 35.5. The topological polar surface area (TPSA) is 29.3 Å². The summed E-state index contributed by atoms with van der Waals surface area (Å²) in [5.74, 6) is 0. The molecule has 1 heterocycles. The Labute approximate surface area is 122 Å². The largest absolute Gasteiger partial charge is 0.423 e. The number of hydrogen-bond acceptors (Lipinski definition) is 3. The van der Waals surface area contributed by atoms with E-state index in [-0.39, 0.29) is 0 Å². The van der Waals surface area contributed by atoms with Crippen LogP contribution in [0.5, 0.6) is 0 Å². The van der Waals surface area contributed by atoms with E-state index in [4.69, 9.17) is 16.0 Å². The quantitative estimate of drug-likeness (QED) is 0.713. The molecule has 20 heavy (non-hydrogen) atoms. The van der Waals surface area contributed by atoms with Gasteiger partial charge >= 0.3 is 0 Å². The summed E-state index contributed by atoms with van der Waals surface area (Å²) in [5, 5.41) is 0.756. The van der Waals surface area contributed by atoms with Crippen molar-refractivity contribution >= 4 is 28.7 Å². The molecule has 3 aromatic rings. The maximum Gasteiger partial charge on any atom is 0.298 e. The SMILES string of the molecule is Cc1ccc2oc(N(C)Cc3ccccc3Cl)nc2c1. The zero-order chi connectivity index (χ0) is 14.1. The molecule has 0 N–H and O–H groups in total. The van der Waals surface area contributed by atoms with Crippen LogP contribution in [0, 0.1) is 6.92 Å². The summed E-state index contributed by atoms with van der Waals surface area (Å²) < 4.78 is 5.77. The molecule has 0 aliphatic rings. The zero-order valence-electron chi connectivity index (χ0n) is 11.4. The molecule has 0 atom stereocenters. The van der Waals surface area contributed by atoms with Crippen LogP contribution in [0.4, 0.5) is 6.01 Å². The molecule has 0 aliphatic carbocycles. The Kier molecular flexibility index (Phi) is 3.36. The summed E-state index contributed by atoms with van der Waals surface area (Å²) in [6, 6.07) is 14.4. The summed E-state index contributed by atoms with van der Waals surface area (Å²) >= 11 is 6.18. The molecule has 0 radical (unpaired) electrons. The molecule has 102 valence electrons. The number of oxazole rings is 1. The minimum absolute atomic E-state index is 0.602. The van der Waals surface area contributed by atoms with Gasteiger partial charge in [-0.05, 0) is 36.2 Å². The molecule has 4 heteroatoms. The Morgan fingerprint density at radius 1 is 1.20 bits per heavy atom. The second-order valence-electron chi connectivity index (χ2n) is 4.92. The van der Waals surface area contributed by atoms with Crippen molar-refractivity contribution in [2.45, 2.75) is 13.5 Å². The average molecular weight is 287 g/mol. The van der Waals surface area contributed by atoms with E-state index in [0.717, 1.165) is 21.7 Å². The van der Waals surface area contributed by atoms with Gasteiger partial charge in [0, 0.05) is 18.6 Å². The van der Waals surface area contributed by atoms with E-state index in [1.807, 2.05) is 61.3 Å². The lowest BCUT2D eigenvalue weighted by atomic mass is 10.2. The van der Waals surface area contributed by atoms with Crippen LogP contribution in [-0.2, 0) is 6.54 Å². The Morgan fingerprint density at radius 2 is 2.00 bits per heavy atom. The van der Waals surface area contributed by atoms with Gasteiger partial charge < -0.3 is 9.32 Å². The monoisotopic (exact) mass is 286 g/mol. The van der Waals surface area contributed by atoms with Gasteiger partial charge in [0.1, 0.15) is 5.52 Å². The van der Waals surface area contributed by atoms with Crippen molar-refractivity contribution in [2.24, 2.45) is 0 Å². The number of rotatable bonds is 3. The number of nitrogens with zero attached hydrogens (tertiary/aromatic N) is 2. The number of aryl methyl sites for hydroxylation is 1. The zero-order valence-corrected chi connectivity index (χ0v) is 12.2. The number of anilines is 1. The van der Waals surface area contributed by atoms with Gasteiger partial charge in [0.25, 0.3) is 6.01 Å². The standard InChI is InChI=1S/C16H15ClN2O/c1-11-7-8-15-14(9-11)18-16(20-15)19(2)10-12-5-3-4-6-13(12)17/h3-9H,10H2,1-2H3. The Bertz CT molecular complexity index is 751. The van der Waals surface area contributed by atoms with Gasteiger partial charge in [0.15, 0.2) is 5.58 Å². The van der Waals surface area contributed by atoms with Crippen LogP contribution >= 0.6 is 11.6 Å². The van der Waals surface area contributed by atoms with Gasteiger partial charge in [-0.25, -0.2) is 0 Å². The van der Waals surface area contributed by atoms with E-state index >= 15 is 0 Å². The van der Waals surface area contributed by atoms with Crippen molar-refractivity contribution in [3.63, 3.8) is 0 Å². The van der Waals surface area contributed by atoms with Crippen molar-refractivity contribution in [1.82, 2.24) is 4.98 Å². The van der Waals surface area contributed by atoms with E-state index in [2.05, 4.69) is 4.98 Å². The predicted molar refractivity (Wildman–Crippen MR) is 82.3 cm³/mol. The van der Waals surface area contributed by atoms with E-state index in [1.54, 1.807) is 0 Å². The molecular weight excluding hydrogens is 272 g/mol. The Balaban J connectivity index is 1.89. The highest BCUT2D eigenvalue weighted by Crippen LogP contribution is 2.24. The van der Waals surface area contributed by atoms with Crippen LogP contribution in [-0.4, -0.2) is 12.0 Å². The van der Waals surface area contributed by atoms with Crippen LogP contribution in [0.3, 0.4) is 0 Å². The fourth-order valence-electron chi connectivity index (χ4n) is 2.14. The molecule has 0 spiro atoms. The van der Waals surface area contributed by atoms with Crippen molar-refractivity contribution in [3.05, 3.63) is 58.6 Å². The van der Waals surface area contributed by atoms with Crippen LogP contribution in [0.15, 0.2) is 46.9 Å². The molecule has 2 aromatic carbocycles. The van der Waals surface area contributed by atoms with Gasteiger partial charge in [0.2, 0.25) is 0 Å². The van der Waals surface area contributed by atoms with Crippen molar-refractivity contribution < 1.29 is 4.42 Å². The first kappa shape index (κ1) is 13.0. The van der Waals surface area contributed by atoms with Crippen LogP contribution < -0.4 is 4.90 Å². The molecule has 0 fully saturated rings. The summed E-state index contributed by atoms with van der Waals surface area (Å²) in [4.78, 5) is 6.47. The molecule has 0 amide bonds. The third-order valence-corrected chi connectivity index (χ3v) is 3.59. The Hall–Kier alpha value is -2.00. The summed E-state index contributed by atoms with van der Waals surface area (Å²) in [7, 11) is 1.95. The number of benzene rings is 2. The van der Waals surface area contributed by atoms with Gasteiger partial charge in [-0.3, -0.25) is 0 Å². The van der Waals surface area contributed by atoms with E-state index in [9.17, 15) is 0 Å². The molecule has 0 unspecified atom stereocenters. The molecular formula is C16H15ClN2O. The average Bonchev–Trinajstić information content (AvgIpc) is 2.84. The third-order valence-electron chi connectivity index (χ3n) is 3.22. The summed E-state index contributed by atoms with van der Waals surface area (Å²) in [5.41, 5.74) is 3.91. The van der Waals surface area contributed by atoms with Crippen LogP contribution in [0.1, 0.15) is 11.1 Å². The maximum absolute atomic E-state index is 6.18. The van der Waals surface area contributed by atoms with Crippen molar-refractivity contribution in [2.75, 3.05) is 11.9 Å². The lowest BCUT2D eigenvalue weighted by Crippen LogP contribution is -2.16. The van der Waals surface area contributed by atoms with Gasteiger partial charge in [0.05, 0.1) is 0 Å². The summed E-state index contributed by atoms with van der Waals surface area (Å²) in [6.07, 6.45) is 0. The third kappa shape index (κ3) is 2.49. The van der Waals surface area contributed by atoms with E-state index in [1.165, 1.54) is 5.56 Å². The molecule has 0 bridgehead atoms. The first-order chi connectivity index (χ1) is 9.63. The minimum Gasteiger partial charge on any atom is -0.423 e. The second-order valence-corrected chi connectivity index (χ2v) is 5.32. The number of halogens is 1. The lowest BCUT2D eigenvalue weighted by molar-refractivity contribution is 0.582. The Morgan fingerprint density at radius 3 is 2.80 bits per heavy atom. The lowest BCUT2D eigenvalue weighted by Gasteiger charge is -2.15. The highest BCUT2D eigenvalue weighted by molar-refractivity contribution is 6.31. The van der Waals surface area contributed by atoms with Crippen LogP contribution in [0.25, 0.3) is 11.1 Å². The minimum atomic E-state index is 0.602. The smallest absolute Gasteiger partial charge is 0.298 e. The molecule has 3 rings (SSSR count). The molecule has 0 aliphatic heterocycles. The molecule has 1 aromatic heterocycles.